The maximum absolute atomic E-state index is 13.4. The van der Waals surface area contributed by atoms with Crippen LogP contribution in [0.15, 0.2) is 66.9 Å². The van der Waals surface area contributed by atoms with Crippen LogP contribution in [0.1, 0.15) is 24.5 Å². The minimum absolute atomic E-state index is 0.0349. The van der Waals surface area contributed by atoms with Crippen LogP contribution in [0.25, 0.3) is 22.0 Å². The van der Waals surface area contributed by atoms with E-state index in [1.807, 2.05) is 48.4 Å². The van der Waals surface area contributed by atoms with Gasteiger partial charge in [-0.15, -0.1) is 0 Å². The summed E-state index contributed by atoms with van der Waals surface area (Å²) >= 11 is 0. The molecular weight excluding hydrogens is 339 g/mol. The Hall–Kier alpha value is -3.14. The summed E-state index contributed by atoms with van der Waals surface area (Å²) < 4.78 is 13.4. The van der Waals surface area contributed by atoms with Gasteiger partial charge < -0.3 is 9.88 Å². The van der Waals surface area contributed by atoms with E-state index in [0.29, 0.717) is 13.1 Å². The number of carbonyl (C=O) groups is 1. The number of fused-ring (bicyclic) bond motifs is 1. The number of nitrogens with zero attached hydrogens (tertiary/aromatic N) is 1. The number of rotatable bonds is 3. The van der Waals surface area contributed by atoms with Crippen molar-refractivity contribution < 1.29 is 9.18 Å². The SMILES string of the molecule is C/C(=C/C(=O)N1CC=C(c2c[nH]c3cc(F)ccc23)CC1)c1ccccc1. The molecule has 4 heteroatoms. The van der Waals surface area contributed by atoms with Gasteiger partial charge in [0.05, 0.1) is 0 Å². The zero-order valence-electron chi connectivity index (χ0n) is 15.2. The molecule has 0 bridgehead atoms. The van der Waals surface area contributed by atoms with Gasteiger partial charge >= 0.3 is 0 Å². The standard InChI is InChI=1S/C23H21FN2O/c1-16(17-5-3-2-4-6-17)13-23(27)26-11-9-18(10-12-26)21-15-25-22-14-19(24)7-8-20(21)22/h2-9,13-15,25H,10-12H2,1H3/b16-13-. The van der Waals surface area contributed by atoms with Gasteiger partial charge in [0.25, 0.3) is 0 Å². The lowest BCUT2D eigenvalue weighted by Gasteiger charge is -2.25. The third-order valence-corrected chi connectivity index (χ3v) is 5.08. The highest BCUT2D eigenvalue weighted by atomic mass is 19.1. The molecule has 1 N–H and O–H groups in total. The first kappa shape index (κ1) is 17.3. The number of benzene rings is 2. The van der Waals surface area contributed by atoms with Crippen LogP contribution in [-0.4, -0.2) is 28.9 Å². The van der Waals surface area contributed by atoms with Crippen molar-refractivity contribution in [2.45, 2.75) is 13.3 Å². The van der Waals surface area contributed by atoms with Gasteiger partial charge in [0.15, 0.2) is 0 Å². The van der Waals surface area contributed by atoms with Gasteiger partial charge in [-0.05, 0) is 48.3 Å². The Labute approximate surface area is 157 Å². The molecule has 0 fully saturated rings. The molecule has 0 radical (unpaired) electrons. The highest BCUT2D eigenvalue weighted by Crippen LogP contribution is 2.29. The van der Waals surface area contributed by atoms with Gasteiger partial charge in [0.1, 0.15) is 5.82 Å². The quantitative estimate of drug-likeness (QED) is 0.654. The molecule has 2 heterocycles. The highest BCUT2D eigenvalue weighted by molar-refractivity contribution is 5.96. The molecule has 3 aromatic rings. The molecule has 27 heavy (non-hydrogen) atoms. The summed E-state index contributed by atoms with van der Waals surface area (Å²) in [6.07, 6.45) is 6.52. The minimum Gasteiger partial charge on any atom is -0.360 e. The van der Waals surface area contributed by atoms with Crippen LogP contribution < -0.4 is 0 Å². The lowest BCUT2D eigenvalue weighted by molar-refractivity contribution is -0.125. The number of allylic oxidation sites excluding steroid dienone is 1. The molecule has 1 aromatic heterocycles. The van der Waals surface area contributed by atoms with Gasteiger partial charge in [-0.2, -0.15) is 0 Å². The minimum atomic E-state index is -0.245. The molecule has 1 amide bonds. The van der Waals surface area contributed by atoms with Gasteiger partial charge in [-0.1, -0.05) is 36.4 Å². The van der Waals surface area contributed by atoms with E-state index in [1.54, 1.807) is 12.1 Å². The van der Waals surface area contributed by atoms with Gasteiger partial charge in [0.2, 0.25) is 5.91 Å². The number of nitrogens with one attached hydrogen (secondary N) is 1. The predicted octanol–water partition coefficient (Wildman–Crippen LogP) is 5.03. The van der Waals surface area contributed by atoms with Crippen molar-refractivity contribution in [1.82, 2.24) is 9.88 Å². The average Bonchev–Trinajstić information content (AvgIpc) is 3.11. The maximum atomic E-state index is 13.4. The molecule has 1 aliphatic rings. The fourth-order valence-electron chi connectivity index (χ4n) is 3.54. The fraction of sp³-hybridized carbons (Fsp3) is 0.174. The molecule has 2 aromatic carbocycles. The average molecular weight is 360 g/mol. The molecule has 0 atom stereocenters. The number of aromatic amines is 1. The van der Waals surface area contributed by atoms with Crippen LogP contribution >= 0.6 is 0 Å². The van der Waals surface area contributed by atoms with Crippen molar-refractivity contribution in [3.05, 3.63) is 83.8 Å². The molecule has 3 nitrogen and oxygen atoms in total. The third kappa shape index (κ3) is 3.56. The molecule has 0 unspecified atom stereocenters. The molecule has 136 valence electrons. The number of hydrogen-bond acceptors (Lipinski definition) is 1. The zero-order valence-corrected chi connectivity index (χ0v) is 15.2. The second kappa shape index (κ2) is 7.23. The molecule has 0 saturated carbocycles. The Morgan fingerprint density at radius 3 is 2.74 bits per heavy atom. The summed E-state index contributed by atoms with van der Waals surface area (Å²) in [5.41, 5.74) is 5.11. The number of amides is 1. The van der Waals surface area contributed by atoms with E-state index in [2.05, 4.69) is 11.1 Å². The lowest BCUT2D eigenvalue weighted by Crippen LogP contribution is -2.33. The van der Waals surface area contributed by atoms with Crippen molar-refractivity contribution in [2.24, 2.45) is 0 Å². The Kier molecular flexibility index (Phi) is 4.63. The summed E-state index contributed by atoms with van der Waals surface area (Å²) in [7, 11) is 0. The van der Waals surface area contributed by atoms with E-state index >= 15 is 0 Å². The summed E-state index contributed by atoms with van der Waals surface area (Å²) in [5, 5.41) is 1.02. The number of H-pyrrole nitrogens is 1. The van der Waals surface area contributed by atoms with Crippen LogP contribution in [-0.2, 0) is 4.79 Å². The third-order valence-electron chi connectivity index (χ3n) is 5.08. The van der Waals surface area contributed by atoms with Crippen LogP contribution in [0.3, 0.4) is 0 Å². The predicted molar refractivity (Wildman–Crippen MR) is 108 cm³/mol. The number of hydrogen-bond donors (Lipinski definition) is 1. The number of carbonyl (C=O) groups excluding carboxylic acids is 1. The number of halogens is 1. The summed E-state index contributed by atoms with van der Waals surface area (Å²) in [6.45, 7) is 3.22. The molecule has 0 spiro atoms. The van der Waals surface area contributed by atoms with Crippen LogP contribution in [0.2, 0.25) is 0 Å². The Bertz CT molecular complexity index is 1050. The molecule has 4 rings (SSSR count). The highest BCUT2D eigenvalue weighted by Gasteiger charge is 2.18. The molecular formula is C23H21FN2O. The van der Waals surface area contributed by atoms with Crippen LogP contribution in [0.4, 0.5) is 4.39 Å². The van der Waals surface area contributed by atoms with E-state index in [1.165, 1.54) is 17.7 Å². The second-order valence-electron chi connectivity index (χ2n) is 6.85. The second-order valence-corrected chi connectivity index (χ2v) is 6.85. The van der Waals surface area contributed by atoms with E-state index in [9.17, 15) is 9.18 Å². The van der Waals surface area contributed by atoms with Crippen LogP contribution in [0, 0.1) is 5.82 Å². The fourth-order valence-corrected chi connectivity index (χ4v) is 3.54. The first-order valence-corrected chi connectivity index (χ1v) is 9.10. The monoisotopic (exact) mass is 360 g/mol. The first-order chi connectivity index (χ1) is 13.1. The van der Waals surface area contributed by atoms with E-state index < -0.39 is 0 Å². The van der Waals surface area contributed by atoms with E-state index in [-0.39, 0.29) is 11.7 Å². The first-order valence-electron chi connectivity index (χ1n) is 9.10. The zero-order chi connectivity index (χ0) is 18.8. The number of aromatic nitrogens is 1. The van der Waals surface area contributed by atoms with Crippen molar-refractivity contribution in [3.63, 3.8) is 0 Å². The van der Waals surface area contributed by atoms with E-state index in [0.717, 1.165) is 34.0 Å². The van der Waals surface area contributed by atoms with Crippen molar-refractivity contribution in [2.75, 3.05) is 13.1 Å². The van der Waals surface area contributed by atoms with Crippen LogP contribution in [0.5, 0.6) is 0 Å². The summed E-state index contributed by atoms with van der Waals surface area (Å²) in [4.78, 5) is 17.6. The Morgan fingerprint density at radius 2 is 2.00 bits per heavy atom. The molecule has 0 aliphatic carbocycles. The smallest absolute Gasteiger partial charge is 0.247 e. The Balaban J connectivity index is 1.50. The maximum Gasteiger partial charge on any atom is 0.247 e. The van der Waals surface area contributed by atoms with Crippen molar-refractivity contribution in [1.29, 1.82) is 0 Å². The van der Waals surface area contributed by atoms with Gasteiger partial charge in [0, 0.05) is 41.8 Å². The van der Waals surface area contributed by atoms with Crippen molar-refractivity contribution in [3.8, 4) is 0 Å². The van der Waals surface area contributed by atoms with Gasteiger partial charge in [-0.3, -0.25) is 4.79 Å². The largest absolute Gasteiger partial charge is 0.360 e. The normalized spacial score (nSPS) is 15.1. The summed E-state index contributed by atoms with van der Waals surface area (Å²) in [5.74, 6) is -0.210. The Morgan fingerprint density at radius 1 is 1.19 bits per heavy atom. The van der Waals surface area contributed by atoms with E-state index in [4.69, 9.17) is 0 Å². The summed E-state index contributed by atoms with van der Waals surface area (Å²) in [6, 6.07) is 14.7. The molecule has 1 aliphatic heterocycles. The van der Waals surface area contributed by atoms with Crippen molar-refractivity contribution >= 4 is 28.0 Å². The topological polar surface area (TPSA) is 36.1 Å². The van der Waals surface area contributed by atoms with Gasteiger partial charge in [-0.25, -0.2) is 4.39 Å². The lowest BCUT2D eigenvalue weighted by atomic mass is 9.98. The molecule has 0 saturated heterocycles.